The minimum absolute atomic E-state index is 0.0642. The van der Waals surface area contributed by atoms with Crippen LogP contribution in [0.2, 0.25) is 0 Å². The third-order valence-corrected chi connectivity index (χ3v) is 4.52. The van der Waals surface area contributed by atoms with Crippen LogP contribution in [-0.2, 0) is 6.54 Å². The van der Waals surface area contributed by atoms with Crippen molar-refractivity contribution >= 4 is 38.7 Å². The molecule has 110 valence electrons. The molecule has 0 bridgehead atoms. The molecule has 7 heteroatoms. The minimum Gasteiger partial charge on any atom is -0.294 e. The van der Waals surface area contributed by atoms with Crippen molar-refractivity contribution in [1.29, 1.82) is 0 Å². The lowest BCUT2D eigenvalue weighted by atomic mass is 10.1. The third kappa shape index (κ3) is 4.45. The Bertz CT molecular complexity index is 672. The molecule has 1 aromatic carbocycles. The molecule has 5 nitrogen and oxygen atoms in total. The van der Waals surface area contributed by atoms with Gasteiger partial charge >= 0.3 is 0 Å². The molecule has 0 saturated carbocycles. The molecule has 0 atom stereocenters. The molecule has 0 spiro atoms. The van der Waals surface area contributed by atoms with E-state index >= 15 is 0 Å². The smallest absolute Gasteiger partial charge is 0.270 e. The zero-order valence-electron chi connectivity index (χ0n) is 11.3. The molecule has 1 aromatic heterocycles. The summed E-state index contributed by atoms with van der Waals surface area (Å²) in [7, 11) is 1.85. The highest BCUT2D eigenvalue weighted by Gasteiger charge is 2.14. The highest BCUT2D eigenvalue weighted by atomic mass is 79.9. The van der Waals surface area contributed by atoms with Crippen molar-refractivity contribution in [3.63, 3.8) is 0 Å². The van der Waals surface area contributed by atoms with Crippen molar-refractivity contribution in [3.8, 4) is 0 Å². The standard InChI is InChI=1S/C14H13BrN2O3S/c1-16(7-13-6-11(15)9-21-13)8-14(18)10-3-2-4-12(5-10)17(19)20/h2-6,9H,7-8H2,1H3. The maximum absolute atomic E-state index is 12.2. The molecule has 0 N–H and O–H groups in total. The first-order chi connectivity index (χ1) is 9.95. The van der Waals surface area contributed by atoms with Crippen LogP contribution in [0.3, 0.4) is 0 Å². The number of nitro groups is 1. The van der Waals surface area contributed by atoms with Gasteiger partial charge in [0.25, 0.3) is 5.69 Å². The number of non-ortho nitro benzene ring substituents is 1. The van der Waals surface area contributed by atoms with E-state index in [0.29, 0.717) is 12.1 Å². The zero-order chi connectivity index (χ0) is 15.4. The van der Waals surface area contributed by atoms with Gasteiger partial charge in [-0.25, -0.2) is 0 Å². The van der Waals surface area contributed by atoms with Crippen LogP contribution in [0, 0.1) is 10.1 Å². The molecular formula is C14H13BrN2O3S. The Morgan fingerprint density at radius 1 is 1.43 bits per heavy atom. The number of thiophene rings is 1. The normalized spacial score (nSPS) is 10.8. The number of nitro benzene ring substituents is 1. The number of carbonyl (C=O) groups excluding carboxylic acids is 1. The number of carbonyl (C=O) groups is 1. The number of ketones is 1. The van der Waals surface area contributed by atoms with Crippen LogP contribution in [0.1, 0.15) is 15.2 Å². The Morgan fingerprint density at radius 2 is 2.19 bits per heavy atom. The van der Waals surface area contributed by atoms with Crippen LogP contribution >= 0.6 is 27.3 Å². The summed E-state index contributed by atoms with van der Waals surface area (Å²) in [5.74, 6) is -0.128. The zero-order valence-corrected chi connectivity index (χ0v) is 13.7. The molecule has 0 radical (unpaired) electrons. The molecule has 2 aromatic rings. The minimum atomic E-state index is -0.496. The van der Waals surface area contributed by atoms with Gasteiger partial charge in [0.15, 0.2) is 5.78 Å². The Hall–Kier alpha value is -1.57. The predicted molar refractivity (Wildman–Crippen MR) is 85.8 cm³/mol. The molecule has 0 aliphatic carbocycles. The summed E-state index contributed by atoms with van der Waals surface area (Å²) in [6.07, 6.45) is 0. The Kier molecular flexibility index (Phi) is 5.22. The third-order valence-electron chi connectivity index (χ3n) is 2.84. The molecular weight excluding hydrogens is 356 g/mol. The lowest BCUT2D eigenvalue weighted by Gasteiger charge is -2.14. The molecule has 0 unspecified atom stereocenters. The summed E-state index contributed by atoms with van der Waals surface area (Å²) in [4.78, 5) is 25.4. The number of hydrogen-bond donors (Lipinski definition) is 0. The number of halogens is 1. The Balaban J connectivity index is 2.00. The van der Waals surface area contributed by atoms with E-state index in [1.165, 1.54) is 18.2 Å². The van der Waals surface area contributed by atoms with Gasteiger partial charge in [-0.2, -0.15) is 0 Å². The number of hydrogen-bond acceptors (Lipinski definition) is 5. The van der Waals surface area contributed by atoms with Crippen LogP contribution in [0.15, 0.2) is 40.2 Å². The average Bonchev–Trinajstić information content (AvgIpc) is 2.83. The lowest BCUT2D eigenvalue weighted by molar-refractivity contribution is -0.384. The molecule has 0 saturated heterocycles. The number of likely N-dealkylation sites (N-methyl/N-ethyl adjacent to an activating group) is 1. The van der Waals surface area contributed by atoms with Crippen molar-refractivity contribution in [2.75, 3.05) is 13.6 Å². The molecule has 0 amide bonds. The van der Waals surface area contributed by atoms with Gasteiger partial charge < -0.3 is 0 Å². The van der Waals surface area contributed by atoms with Gasteiger partial charge in [0, 0.05) is 39.0 Å². The predicted octanol–water partition coefficient (Wildman–Crippen LogP) is 3.73. The van der Waals surface area contributed by atoms with Crippen LogP contribution in [0.5, 0.6) is 0 Å². The topological polar surface area (TPSA) is 63.5 Å². The van der Waals surface area contributed by atoms with Crippen LogP contribution in [0.4, 0.5) is 5.69 Å². The number of benzene rings is 1. The van der Waals surface area contributed by atoms with E-state index in [2.05, 4.69) is 15.9 Å². The van der Waals surface area contributed by atoms with E-state index < -0.39 is 4.92 Å². The van der Waals surface area contributed by atoms with Gasteiger partial charge in [0.05, 0.1) is 11.5 Å². The maximum Gasteiger partial charge on any atom is 0.270 e. The van der Waals surface area contributed by atoms with Crippen LogP contribution in [-0.4, -0.2) is 29.2 Å². The SMILES string of the molecule is CN(CC(=O)c1cccc([N+](=O)[O-])c1)Cc1cc(Br)cs1. The van der Waals surface area contributed by atoms with Crippen molar-refractivity contribution < 1.29 is 9.72 Å². The van der Waals surface area contributed by atoms with Gasteiger partial charge in [-0.15, -0.1) is 11.3 Å². The van der Waals surface area contributed by atoms with Gasteiger partial charge in [-0.05, 0) is 29.0 Å². The number of rotatable bonds is 6. The summed E-state index contributed by atoms with van der Waals surface area (Å²) < 4.78 is 1.03. The first-order valence-corrected chi connectivity index (χ1v) is 7.82. The molecule has 2 rings (SSSR count). The second-order valence-electron chi connectivity index (χ2n) is 4.63. The number of Topliss-reactive ketones (excluding diaryl/α,β-unsaturated/α-hetero) is 1. The second-order valence-corrected chi connectivity index (χ2v) is 6.55. The van der Waals surface area contributed by atoms with Crippen molar-refractivity contribution in [2.45, 2.75) is 6.54 Å². The van der Waals surface area contributed by atoms with Gasteiger partial charge in [-0.3, -0.25) is 19.8 Å². The lowest BCUT2D eigenvalue weighted by Crippen LogP contribution is -2.25. The fourth-order valence-electron chi connectivity index (χ4n) is 1.89. The van der Waals surface area contributed by atoms with E-state index in [1.54, 1.807) is 17.4 Å². The fraction of sp³-hybridized carbons (Fsp3) is 0.214. The van der Waals surface area contributed by atoms with Crippen molar-refractivity contribution in [3.05, 3.63) is 60.7 Å². The fourth-order valence-corrected chi connectivity index (χ4v) is 3.42. The van der Waals surface area contributed by atoms with Gasteiger partial charge in [0.2, 0.25) is 0 Å². The van der Waals surface area contributed by atoms with E-state index in [0.717, 1.165) is 9.35 Å². The quantitative estimate of drug-likeness (QED) is 0.442. The van der Waals surface area contributed by atoms with Crippen molar-refractivity contribution in [2.24, 2.45) is 0 Å². The Labute approximate surface area is 134 Å². The monoisotopic (exact) mass is 368 g/mol. The first-order valence-electron chi connectivity index (χ1n) is 6.15. The van der Waals surface area contributed by atoms with E-state index in [9.17, 15) is 14.9 Å². The summed E-state index contributed by atoms with van der Waals surface area (Å²) in [5, 5.41) is 12.7. The molecule has 21 heavy (non-hydrogen) atoms. The largest absolute Gasteiger partial charge is 0.294 e. The van der Waals surface area contributed by atoms with E-state index in [-0.39, 0.29) is 18.0 Å². The molecule has 1 heterocycles. The molecule has 0 aliphatic heterocycles. The summed E-state index contributed by atoms with van der Waals surface area (Å²) in [5.41, 5.74) is 0.300. The first kappa shape index (κ1) is 15.8. The van der Waals surface area contributed by atoms with Crippen LogP contribution < -0.4 is 0 Å². The summed E-state index contributed by atoms with van der Waals surface area (Å²) in [6.45, 7) is 0.883. The maximum atomic E-state index is 12.2. The summed E-state index contributed by atoms with van der Waals surface area (Å²) in [6, 6.07) is 7.84. The number of nitrogens with zero attached hydrogens (tertiary/aromatic N) is 2. The van der Waals surface area contributed by atoms with E-state index in [4.69, 9.17) is 0 Å². The highest BCUT2D eigenvalue weighted by Crippen LogP contribution is 2.21. The van der Waals surface area contributed by atoms with Crippen molar-refractivity contribution in [1.82, 2.24) is 4.90 Å². The van der Waals surface area contributed by atoms with Gasteiger partial charge in [0.1, 0.15) is 0 Å². The average molecular weight is 369 g/mol. The van der Waals surface area contributed by atoms with E-state index in [1.807, 2.05) is 23.4 Å². The van der Waals surface area contributed by atoms with Crippen LogP contribution in [0.25, 0.3) is 0 Å². The highest BCUT2D eigenvalue weighted by molar-refractivity contribution is 9.10. The Morgan fingerprint density at radius 3 is 2.81 bits per heavy atom. The molecule has 0 aliphatic rings. The summed E-state index contributed by atoms with van der Waals surface area (Å²) >= 11 is 5.01. The van der Waals surface area contributed by atoms with Gasteiger partial charge in [-0.1, -0.05) is 12.1 Å². The second kappa shape index (κ2) is 6.93. The molecule has 0 fully saturated rings.